The maximum atomic E-state index is 5.71. The number of fused-ring (bicyclic) bond motifs is 1. The molecule has 3 nitrogen and oxygen atoms in total. The lowest BCUT2D eigenvalue weighted by Gasteiger charge is -2.53. The van der Waals surface area contributed by atoms with Crippen molar-refractivity contribution in [2.45, 2.75) is 37.6 Å². The normalized spacial score (nSPS) is 21.2. The van der Waals surface area contributed by atoms with Crippen molar-refractivity contribution in [1.82, 2.24) is 5.32 Å². The third-order valence-corrected chi connectivity index (χ3v) is 4.98. The molecule has 0 aliphatic carbocycles. The zero-order chi connectivity index (χ0) is 13.5. The van der Waals surface area contributed by atoms with Gasteiger partial charge >= 0.3 is 0 Å². The number of hydrogen-bond acceptors (Lipinski definition) is 3. The summed E-state index contributed by atoms with van der Waals surface area (Å²) >= 11 is 0. The van der Waals surface area contributed by atoms with E-state index in [2.05, 4.69) is 37.4 Å². The molecule has 104 valence electrons. The van der Waals surface area contributed by atoms with Crippen molar-refractivity contribution >= 4 is 0 Å². The van der Waals surface area contributed by atoms with Crippen LogP contribution in [0.2, 0.25) is 0 Å². The minimum Gasteiger partial charge on any atom is -0.493 e. The molecule has 0 amide bonds. The Bertz CT molecular complexity index is 478. The summed E-state index contributed by atoms with van der Waals surface area (Å²) in [6, 6.07) is 6.68. The highest BCUT2D eigenvalue weighted by Gasteiger charge is 2.51. The first kappa shape index (κ1) is 12.9. The molecule has 1 aromatic carbocycles. The van der Waals surface area contributed by atoms with Gasteiger partial charge in [0.1, 0.15) is 5.75 Å². The maximum absolute atomic E-state index is 5.71. The van der Waals surface area contributed by atoms with E-state index in [1.807, 2.05) is 7.05 Å². The lowest BCUT2D eigenvalue weighted by molar-refractivity contribution is -0.0991. The van der Waals surface area contributed by atoms with Gasteiger partial charge in [0.15, 0.2) is 0 Å². The van der Waals surface area contributed by atoms with Crippen LogP contribution in [0.3, 0.4) is 0 Å². The van der Waals surface area contributed by atoms with Crippen LogP contribution >= 0.6 is 0 Å². The fourth-order valence-corrected chi connectivity index (χ4v) is 3.09. The van der Waals surface area contributed by atoms with E-state index < -0.39 is 0 Å². The van der Waals surface area contributed by atoms with Gasteiger partial charge in [-0.1, -0.05) is 12.1 Å². The number of nitrogens with one attached hydrogen (secondary N) is 1. The number of hydrogen-bond donors (Lipinski definition) is 1. The molecule has 2 heterocycles. The van der Waals surface area contributed by atoms with Crippen LogP contribution in [-0.4, -0.2) is 32.4 Å². The molecular weight excluding hydrogens is 238 g/mol. The Kier molecular flexibility index (Phi) is 3.06. The molecule has 0 saturated carbocycles. The second kappa shape index (κ2) is 4.50. The van der Waals surface area contributed by atoms with Crippen LogP contribution in [-0.2, 0) is 16.6 Å². The molecule has 3 rings (SSSR count). The Labute approximate surface area is 115 Å². The van der Waals surface area contributed by atoms with E-state index in [1.54, 1.807) is 0 Å². The molecule has 0 atom stereocenters. The summed E-state index contributed by atoms with van der Waals surface area (Å²) in [5, 5.41) is 3.45. The Balaban J connectivity index is 2.00. The first-order chi connectivity index (χ1) is 9.09. The molecule has 2 aliphatic heterocycles. The Morgan fingerprint density at radius 2 is 2.05 bits per heavy atom. The summed E-state index contributed by atoms with van der Waals surface area (Å²) in [6.07, 6.45) is 2.25. The monoisotopic (exact) mass is 261 g/mol. The molecule has 3 heteroatoms. The van der Waals surface area contributed by atoms with Crippen molar-refractivity contribution in [3.05, 3.63) is 29.3 Å². The van der Waals surface area contributed by atoms with E-state index in [1.165, 1.54) is 11.1 Å². The molecule has 1 saturated heterocycles. The third-order valence-electron chi connectivity index (χ3n) is 4.98. The Hall–Kier alpha value is -1.06. The average Bonchev–Trinajstić information content (AvgIpc) is 2.37. The van der Waals surface area contributed by atoms with Crippen molar-refractivity contribution < 1.29 is 9.47 Å². The highest BCUT2D eigenvalue weighted by atomic mass is 16.5. The smallest absolute Gasteiger partial charge is 0.122 e. The fraction of sp³-hybridized carbons (Fsp3) is 0.625. The number of benzene rings is 1. The molecule has 0 bridgehead atoms. The van der Waals surface area contributed by atoms with Crippen molar-refractivity contribution in [3.63, 3.8) is 0 Å². The van der Waals surface area contributed by atoms with E-state index in [9.17, 15) is 0 Å². The van der Waals surface area contributed by atoms with Gasteiger partial charge in [-0.25, -0.2) is 0 Å². The molecule has 1 aromatic rings. The van der Waals surface area contributed by atoms with Gasteiger partial charge in [-0.3, -0.25) is 0 Å². The molecule has 0 radical (unpaired) electrons. The molecule has 2 aliphatic rings. The number of rotatable bonds is 3. The Morgan fingerprint density at radius 1 is 1.26 bits per heavy atom. The van der Waals surface area contributed by atoms with Crippen LogP contribution in [0, 0.1) is 0 Å². The molecular formula is C16H23NO2. The largest absolute Gasteiger partial charge is 0.493 e. The van der Waals surface area contributed by atoms with Gasteiger partial charge in [-0.15, -0.1) is 0 Å². The fourth-order valence-electron chi connectivity index (χ4n) is 3.09. The van der Waals surface area contributed by atoms with E-state index in [-0.39, 0.29) is 11.0 Å². The van der Waals surface area contributed by atoms with Crippen molar-refractivity contribution in [1.29, 1.82) is 0 Å². The molecule has 19 heavy (non-hydrogen) atoms. The van der Waals surface area contributed by atoms with Crippen LogP contribution < -0.4 is 10.1 Å². The third kappa shape index (κ3) is 1.87. The van der Waals surface area contributed by atoms with E-state index in [4.69, 9.17) is 9.47 Å². The first-order valence-electron chi connectivity index (χ1n) is 7.12. The summed E-state index contributed by atoms with van der Waals surface area (Å²) in [7, 11) is 2.03. The van der Waals surface area contributed by atoms with Gasteiger partial charge in [0.05, 0.1) is 25.2 Å². The molecule has 0 unspecified atom stereocenters. The highest BCUT2D eigenvalue weighted by molar-refractivity contribution is 5.44. The second-order valence-corrected chi connectivity index (χ2v) is 6.22. The average molecular weight is 261 g/mol. The zero-order valence-corrected chi connectivity index (χ0v) is 12.1. The minimum atomic E-state index is 0.0228. The summed E-state index contributed by atoms with van der Waals surface area (Å²) in [5.74, 6) is 1.06. The lowest BCUT2D eigenvalue weighted by atomic mass is 9.65. The van der Waals surface area contributed by atoms with Gasteiger partial charge in [0.25, 0.3) is 0 Å². The van der Waals surface area contributed by atoms with Gasteiger partial charge in [-0.05, 0) is 50.9 Å². The molecule has 1 N–H and O–H groups in total. The van der Waals surface area contributed by atoms with Crippen molar-refractivity contribution in [3.8, 4) is 5.75 Å². The van der Waals surface area contributed by atoms with Crippen LogP contribution in [0.25, 0.3) is 0 Å². The van der Waals surface area contributed by atoms with E-state index >= 15 is 0 Å². The summed E-state index contributed by atoms with van der Waals surface area (Å²) < 4.78 is 11.3. The molecule has 1 fully saturated rings. The topological polar surface area (TPSA) is 30.5 Å². The summed E-state index contributed by atoms with van der Waals surface area (Å²) in [5.41, 5.74) is 2.83. The standard InChI is InChI=1S/C16H23NO2/c1-15(2,17-3)16(10-18-11-16)13-6-7-14-12(9-13)5-4-8-19-14/h6-7,9,17H,4-5,8,10-11H2,1-3H3. The SMILES string of the molecule is CNC(C)(C)C1(c2ccc3c(c2)CCCO3)COC1. The van der Waals surface area contributed by atoms with Crippen molar-refractivity contribution in [2.75, 3.05) is 26.9 Å². The molecule has 0 spiro atoms. The van der Waals surface area contributed by atoms with Crippen molar-refractivity contribution in [2.24, 2.45) is 0 Å². The highest BCUT2D eigenvalue weighted by Crippen LogP contribution is 2.43. The second-order valence-electron chi connectivity index (χ2n) is 6.22. The van der Waals surface area contributed by atoms with E-state index in [0.29, 0.717) is 0 Å². The maximum Gasteiger partial charge on any atom is 0.122 e. The zero-order valence-electron chi connectivity index (χ0n) is 12.1. The van der Waals surface area contributed by atoms with Gasteiger partial charge in [-0.2, -0.15) is 0 Å². The lowest BCUT2D eigenvalue weighted by Crippen LogP contribution is -2.65. The van der Waals surface area contributed by atoms with Crippen LogP contribution in [0.15, 0.2) is 18.2 Å². The van der Waals surface area contributed by atoms with Crippen LogP contribution in [0.4, 0.5) is 0 Å². The number of likely N-dealkylation sites (N-methyl/N-ethyl adjacent to an activating group) is 1. The van der Waals surface area contributed by atoms with Crippen LogP contribution in [0.1, 0.15) is 31.4 Å². The summed E-state index contributed by atoms with van der Waals surface area (Å²) in [4.78, 5) is 0. The van der Waals surface area contributed by atoms with Gasteiger partial charge in [0.2, 0.25) is 0 Å². The van der Waals surface area contributed by atoms with E-state index in [0.717, 1.165) is 38.4 Å². The minimum absolute atomic E-state index is 0.0228. The quantitative estimate of drug-likeness (QED) is 0.905. The summed E-state index contributed by atoms with van der Waals surface area (Å²) in [6.45, 7) is 6.94. The number of ether oxygens (including phenoxy) is 2. The Morgan fingerprint density at radius 3 is 2.68 bits per heavy atom. The predicted octanol–water partition coefficient (Wildman–Crippen LogP) is 2.28. The number of aryl methyl sites for hydroxylation is 1. The van der Waals surface area contributed by atoms with Crippen LogP contribution in [0.5, 0.6) is 5.75 Å². The first-order valence-corrected chi connectivity index (χ1v) is 7.12. The molecule has 0 aromatic heterocycles. The van der Waals surface area contributed by atoms with Gasteiger partial charge < -0.3 is 14.8 Å². The van der Waals surface area contributed by atoms with Gasteiger partial charge in [0, 0.05) is 5.54 Å². The predicted molar refractivity (Wildman–Crippen MR) is 75.9 cm³/mol.